The third-order valence-electron chi connectivity index (χ3n) is 8.29. The first-order chi connectivity index (χ1) is 19.3. The maximum absolute atomic E-state index is 12.3. The van der Waals surface area contributed by atoms with Crippen molar-refractivity contribution in [2.45, 2.75) is 55.5 Å². The Kier molecular flexibility index (Phi) is 6.73. The van der Waals surface area contributed by atoms with Crippen LogP contribution in [-0.4, -0.2) is 55.4 Å². The first kappa shape index (κ1) is 27.7. The van der Waals surface area contributed by atoms with Gasteiger partial charge >= 0.3 is 23.9 Å². The number of anilines is 2. The number of nitrogens with one attached hydrogen (secondary N) is 2. The molecule has 0 fully saturated rings. The molecule has 0 bridgehead atoms. The zero-order valence-electron chi connectivity index (χ0n) is 22.4. The summed E-state index contributed by atoms with van der Waals surface area (Å²) in [5.74, 6) is -7.07. The topological polar surface area (TPSA) is 173 Å². The van der Waals surface area contributed by atoms with Crippen LogP contribution in [0.25, 0.3) is 0 Å². The minimum absolute atomic E-state index is 0.142. The van der Waals surface area contributed by atoms with Gasteiger partial charge in [-0.05, 0) is 66.6 Å². The lowest BCUT2D eigenvalue weighted by atomic mass is 9.75. The molecule has 5 rings (SSSR count). The molecule has 2 aliphatic rings. The molecule has 0 aromatic heterocycles. The first-order valence-electron chi connectivity index (χ1n) is 13.1. The summed E-state index contributed by atoms with van der Waals surface area (Å²) in [5.41, 5.74) is 1.27. The molecular weight excluding hydrogens is 528 g/mol. The molecule has 41 heavy (non-hydrogen) atoms. The van der Waals surface area contributed by atoms with E-state index in [1.54, 1.807) is 24.3 Å². The van der Waals surface area contributed by atoms with Gasteiger partial charge in [0, 0.05) is 17.3 Å². The summed E-state index contributed by atoms with van der Waals surface area (Å²) in [7, 11) is 0. The summed E-state index contributed by atoms with van der Waals surface area (Å²) in [6, 6.07) is 20.0. The van der Waals surface area contributed by atoms with Crippen LogP contribution in [0.15, 0.2) is 66.7 Å². The molecular formula is C31H30N2O8. The maximum atomic E-state index is 12.3. The van der Waals surface area contributed by atoms with Crippen molar-refractivity contribution in [1.29, 1.82) is 0 Å². The van der Waals surface area contributed by atoms with E-state index in [1.165, 1.54) is 13.8 Å². The lowest BCUT2D eigenvalue weighted by Crippen LogP contribution is -2.48. The highest BCUT2D eigenvalue weighted by Gasteiger charge is 2.45. The highest BCUT2D eigenvalue weighted by Crippen LogP contribution is 2.45. The van der Waals surface area contributed by atoms with Gasteiger partial charge in [0.2, 0.25) is 0 Å². The SMILES string of the molecule is CC1(C(=O)O)CC(C(=O)O)c2cc(C(c3ccccc3)c3ccc4c(c3)C(C(=O)O)CC(C)(C(=O)O)N4)ccc2N1. The van der Waals surface area contributed by atoms with Crippen molar-refractivity contribution in [2.24, 2.45) is 0 Å². The quantitative estimate of drug-likeness (QED) is 0.226. The predicted octanol–water partition coefficient (Wildman–Crippen LogP) is 4.52. The fourth-order valence-corrected chi connectivity index (χ4v) is 6.00. The normalized spacial score (nSPS) is 25.4. The van der Waals surface area contributed by atoms with Gasteiger partial charge in [-0.3, -0.25) is 9.59 Å². The minimum Gasteiger partial charge on any atom is -0.481 e. The lowest BCUT2D eigenvalue weighted by molar-refractivity contribution is -0.145. The number of carbonyl (C=O) groups is 4. The summed E-state index contributed by atoms with van der Waals surface area (Å²) < 4.78 is 0. The Bertz CT molecular complexity index is 1470. The molecule has 0 amide bonds. The number of carboxylic acids is 4. The Morgan fingerprint density at radius 3 is 1.44 bits per heavy atom. The molecule has 10 heteroatoms. The van der Waals surface area contributed by atoms with Crippen LogP contribution in [0.5, 0.6) is 0 Å². The van der Waals surface area contributed by atoms with Crippen LogP contribution in [0.4, 0.5) is 11.4 Å². The highest BCUT2D eigenvalue weighted by atomic mass is 16.4. The largest absolute Gasteiger partial charge is 0.481 e. The molecule has 3 aromatic rings. The summed E-state index contributed by atoms with van der Waals surface area (Å²) in [6.45, 7) is 2.93. The molecule has 0 saturated carbocycles. The average Bonchev–Trinajstić information content (AvgIpc) is 2.93. The minimum atomic E-state index is -1.45. The Balaban J connectivity index is 1.65. The standard InChI is InChI=1S/C31H30N2O8/c1-30(28(38)39)14-21(26(34)35)19-12-17(8-10-23(19)32-30)25(16-6-4-3-5-7-16)18-9-11-24-20(13-18)22(27(36)37)15-31(2,33-24)29(40)41/h3-13,21-22,25,32-33H,14-15H2,1-2H3,(H,34,35)(H,36,37)(H,38,39)(H,40,41). The second-order valence-corrected chi connectivity index (χ2v) is 11.3. The van der Waals surface area contributed by atoms with Crippen LogP contribution in [0.3, 0.4) is 0 Å². The number of fused-ring (bicyclic) bond motifs is 2. The molecule has 0 spiro atoms. The van der Waals surface area contributed by atoms with Gasteiger partial charge in [-0.1, -0.05) is 54.6 Å². The molecule has 0 saturated heterocycles. The van der Waals surface area contributed by atoms with Gasteiger partial charge in [0.15, 0.2) is 0 Å². The van der Waals surface area contributed by atoms with Gasteiger partial charge < -0.3 is 31.1 Å². The fourth-order valence-electron chi connectivity index (χ4n) is 6.00. The highest BCUT2D eigenvalue weighted by molar-refractivity contribution is 5.90. The summed E-state index contributed by atoms with van der Waals surface area (Å²) in [6.07, 6.45) is -0.283. The Labute approximate surface area is 235 Å². The van der Waals surface area contributed by atoms with Crippen molar-refractivity contribution in [3.05, 3.63) is 94.5 Å². The van der Waals surface area contributed by atoms with Crippen LogP contribution >= 0.6 is 0 Å². The Hall–Kier alpha value is -4.86. The molecule has 2 aliphatic heterocycles. The van der Waals surface area contributed by atoms with E-state index in [9.17, 15) is 39.6 Å². The van der Waals surface area contributed by atoms with Crippen LogP contribution in [0.2, 0.25) is 0 Å². The number of hydrogen-bond donors (Lipinski definition) is 6. The molecule has 0 radical (unpaired) electrons. The third-order valence-corrected chi connectivity index (χ3v) is 8.29. The molecule has 212 valence electrons. The molecule has 4 unspecified atom stereocenters. The summed E-state index contributed by atoms with van der Waals surface area (Å²) in [5, 5.41) is 45.6. The first-order valence-corrected chi connectivity index (χ1v) is 13.1. The van der Waals surface area contributed by atoms with Crippen molar-refractivity contribution in [3.8, 4) is 0 Å². The van der Waals surface area contributed by atoms with E-state index in [1.807, 2.05) is 42.5 Å². The molecule has 3 aromatic carbocycles. The van der Waals surface area contributed by atoms with Crippen molar-refractivity contribution in [2.75, 3.05) is 10.6 Å². The number of carboxylic acid groups (broad SMARTS) is 4. The van der Waals surface area contributed by atoms with Crippen LogP contribution < -0.4 is 10.6 Å². The summed E-state index contributed by atoms with van der Waals surface area (Å²) in [4.78, 5) is 48.4. The van der Waals surface area contributed by atoms with Crippen molar-refractivity contribution in [3.63, 3.8) is 0 Å². The van der Waals surface area contributed by atoms with Crippen molar-refractivity contribution >= 4 is 35.3 Å². The molecule has 4 atom stereocenters. The van der Waals surface area contributed by atoms with Gasteiger partial charge in [-0.25, -0.2) is 9.59 Å². The van der Waals surface area contributed by atoms with Gasteiger partial charge in [0.25, 0.3) is 0 Å². The van der Waals surface area contributed by atoms with Crippen LogP contribution in [0, 0.1) is 0 Å². The number of aliphatic carboxylic acids is 4. The second kappa shape index (κ2) is 9.96. The van der Waals surface area contributed by atoms with E-state index in [-0.39, 0.29) is 12.8 Å². The zero-order valence-corrected chi connectivity index (χ0v) is 22.4. The lowest BCUT2D eigenvalue weighted by Gasteiger charge is -2.38. The predicted molar refractivity (Wildman–Crippen MR) is 150 cm³/mol. The van der Waals surface area contributed by atoms with Crippen LogP contribution in [-0.2, 0) is 19.2 Å². The molecule has 6 N–H and O–H groups in total. The van der Waals surface area contributed by atoms with Gasteiger partial charge in [-0.2, -0.15) is 0 Å². The van der Waals surface area contributed by atoms with E-state index >= 15 is 0 Å². The Morgan fingerprint density at radius 2 is 1.07 bits per heavy atom. The van der Waals surface area contributed by atoms with Crippen molar-refractivity contribution < 1.29 is 39.6 Å². The van der Waals surface area contributed by atoms with E-state index in [4.69, 9.17) is 0 Å². The molecule has 0 aliphatic carbocycles. The molecule has 10 nitrogen and oxygen atoms in total. The summed E-state index contributed by atoms with van der Waals surface area (Å²) >= 11 is 0. The van der Waals surface area contributed by atoms with Gasteiger partial charge in [-0.15, -0.1) is 0 Å². The third kappa shape index (κ3) is 4.86. The van der Waals surface area contributed by atoms with E-state index in [0.29, 0.717) is 22.5 Å². The fraction of sp³-hybridized carbons (Fsp3) is 0.290. The maximum Gasteiger partial charge on any atom is 0.329 e. The van der Waals surface area contributed by atoms with Crippen LogP contribution in [0.1, 0.15) is 72.3 Å². The Morgan fingerprint density at radius 1 is 0.659 bits per heavy atom. The van der Waals surface area contributed by atoms with E-state index in [0.717, 1.165) is 16.7 Å². The second-order valence-electron chi connectivity index (χ2n) is 11.3. The van der Waals surface area contributed by atoms with E-state index < -0.39 is 52.7 Å². The van der Waals surface area contributed by atoms with Gasteiger partial charge in [0.05, 0.1) is 11.8 Å². The smallest absolute Gasteiger partial charge is 0.329 e. The number of benzene rings is 3. The average molecular weight is 559 g/mol. The van der Waals surface area contributed by atoms with E-state index in [2.05, 4.69) is 10.6 Å². The van der Waals surface area contributed by atoms with Crippen molar-refractivity contribution in [1.82, 2.24) is 0 Å². The van der Waals surface area contributed by atoms with Gasteiger partial charge in [0.1, 0.15) is 11.1 Å². The monoisotopic (exact) mass is 558 g/mol. The number of hydrogen-bond acceptors (Lipinski definition) is 6. The molecule has 2 heterocycles. The zero-order chi connectivity index (χ0) is 29.7. The number of rotatable bonds is 7.